The van der Waals surface area contributed by atoms with Gasteiger partial charge in [-0.15, -0.1) is 24.0 Å². The van der Waals surface area contributed by atoms with Gasteiger partial charge in [-0.2, -0.15) is 11.8 Å². The van der Waals surface area contributed by atoms with Crippen molar-refractivity contribution < 1.29 is 9.47 Å². The zero-order valence-electron chi connectivity index (χ0n) is 14.5. The van der Waals surface area contributed by atoms with E-state index in [9.17, 15) is 0 Å². The van der Waals surface area contributed by atoms with Crippen molar-refractivity contribution in [3.8, 4) is 11.5 Å². The number of thioether (sulfide) groups is 1. The Hall–Kier alpha value is -0.830. The number of methoxy groups -OCH3 is 1. The average Bonchev–Trinajstić information content (AvgIpc) is 2.54. The highest BCUT2D eigenvalue weighted by atomic mass is 127. The lowest BCUT2D eigenvalue weighted by Gasteiger charge is -2.23. The molecule has 0 heterocycles. The predicted molar refractivity (Wildman–Crippen MR) is 111 cm³/mol. The van der Waals surface area contributed by atoms with Gasteiger partial charge >= 0.3 is 0 Å². The van der Waals surface area contributed by atoms with E-state index in [1.807, 2.05) is 36.0 Å². The predicted octanol–water partition coefficient (Wildman–Crippen LogP) is 3.00. The van der Waals surface area contributed by atoms with E-state index in [-0.39, 0.29) is 28.7 Å². The maximum absolute atomic E-state index is 5.66. The van der Waals surface area contributed by atoms with Crippen LogP contribution >= 0.6 is 35.7 Å². The molecule has 0 radical (unpaired) electrons. The molecule has 0 fully saturated rings. The maximum atomic E-state index is 5.66. The van der Waals surface area contributed by atoms with Crippen LogP contribution in [0.25, 0.3) is 0 Å². The van der Waals surface area contributed by atoms with Gasteiger partial charge in [0.15, 0.2) is 5.96 Å². The molecule has 23 heavy (non-hydrogen) atoms. The molecule has 0 spiro atoms. The molecule has 0 bridgehead atoms. The first kappa shape index (κ1) is 22.2. The molecule has 0 aliphatic heterocycles. The van der Waals surface area contributed by atoms with Gasteiger partial charge in [0.2, 0.25) is 0 Å². The van der Waals surface area contributed by atoms with Gasteiger partial charge in [-0.05, 0) is 44.4 Å². The van der Waals surface area contributed by atoms with Crippen molar-refractivity contribution in [2.75, 3.05) is 40.1 Å². The molecule has 1 aromatic rings. The minimum absolute atomic E-state index is 0. The topological polar surface area (TPSA) is 54.9 Å². The van der Waals surface area contributed by atoms with Crippen LogP contribution in [0.1, 0.15) is 13.8 Å². The van der Waals surface area contributed by atoms with E-state index >= 15 is 0 Å². The van der Waals surface area contributed by atoms with Gasteiger partial charge in [-0.3, -0.25) is 4.99 Å². The van der Waals surface area contributed by atoms with Crippen molar-refractivity contribution in [2.24, 2.45) is 4.99 Å². The minimum atomic E-state index is 0. The highest BCUT2D eigenvalue weighted by Crippen LogP contribution is 2.19. The highest BCUT2D eigenvalue weighted by Gasteiger charge is 2.15. The van der Waals surface area contributed by atoms with Gasteiger partial charge in [0.25, 0.3) is 0 Å². The first-order valence-corrected chi connectivity index (χ1v) is 8.50. The molecule has 5 nitrogen and oxygen atoms in total. The smallest absolute Gasteiger partial charge is 0.191 e. The molecule has 2 N–H and O–H groups in total. The van der Waals surface area contributed by atoms with Crippen molar-refractivity contribution in [3.05, 3.63) is 24.3 Å². The Morgan fingerprint density at radius 1 is 1.17 bits per heavy atom. The van der Waals surface area contributed by atoms with Gasteiger partial charge in [-0.1, -0.05) is 0 Å². The third-order valence-electron chi connectivity index (χ3n) is 3.18. The Balaban J connectivity index is 0.00000484. The van der Waals surface area contributed by atoms with Crippen molar-refractivity contribution in [3.63, 3.8) is 0 Å². The zero-order valence-corrected chi connectivity index (χ0v) is 17.7. The Kier molecular flexibility index (Phi) is 11.2. The number of ether oxygens (including phenoxy) is 2. The van der Waals surface area contributed by atoms with Gasteiger partial charge in [0.1, 0.15) is 18.1 Å². The Morgan fingerprint density at radius 3 is 2.30 bits per heavy atom. The van der Waals surface area contributed by atoms with Crippen LogP contribution in [-0.2, 0) is 0 Å². The first-order chi connectivity index (χ1) is 10.5. The van der Waals surface area contributed by atoms with Crippen LogP contribution in [0, 0.1) is 0 Å². The van der Waals surface area contributed by atoms with Crippen molar-refractivity contribution in [2.45, 2.75) is 18.6 Å². The first-order valence-electron chi connectivity index (χ1n) is 7.27. The number of benzene rings is 1. The number of guanidine groups is 1. The second-order valence-corrected chi connectivity index (χ2v) is 6.85. The van der Waals surface area contributed by atoms with Crippen molar-refractivity contribution in [1.29, 1.82) is 0 Å². The molecule has 7 heteroatoms. The number of nitrogens with zero attached hydrogens (tertiary/aromatic N) is 1. The molecule has 1 aromatic carbocycles. The third-order valence-corrected chi connectivity index (χ3v) is 4.43. The number of hydrogen-bond donors (Lipinski definition) is 2. The summed E-state index contributed by atoms with van der Waals surface area (Å²) in [4.78, 5) is 4.21. The van der Waals surface area contributed by atoms with Gasteiger partial charge in [0, 0.05) is 18.3 Å². The monoisotopic (exact) mass is 453 g/mol. The van der Waals surface area contributed by atoms with Crippen LogP contribution in [0.4, 0.5) is 0 Å². The maximum Gasteiger partial charge on any atom is 0.191 e. The summed E-state index contributed by atoms with van der Waals surface area (Å²) in [5, 5.41) is 6.56. The number of aliphatic imine (C=N–C) groups is 1. The summed E-state index contributed by atoms with van der Waals surface area (Å²) in [7, 11) is 3.42. The average molecular weight is 453 g/mol. The summed E-state index contributed by atoms with van der Waals surface area (Å²) in [6.45, 7) is 6.51. The third kappa shape index (κ3) is 9.14. The zero-order chi connectivity index (χ0) is 16.4. The normalized spacial score (nSPS) is 11.4. The molecule has 0 aliphatic carbocycles. The highest BCUT2D eigenvalue weighted by molar-refractivity contribution is 14.0. The fourth-order valence-corrected chi connectivity index (χ4v) is 1.82. The molecule has 0 unspecified atom stereocenters. The molecular weight excluding hydrogens is 425 g/mol. The molecule has 0 saturated heterocycles. The summed E-state index contributed by atoms with van der Waals surface area (Å²) in [6.07, 6.45) is 2.11. The minimum Gasteiger partial charge on any atom is -0.497 e. The standard InChI is InChI=1S/C16H27N3O2S.HI/c1-16(2,22-5)12-19-15(17-3)18-10-11-21-14-8-6-13(20-4)7-9-14;/h6-9H,10-12H2,1-5H3,(H2,17,18,19);1H. The van der Waals surface area contributed by atoms with Crippen LogP contribution < -0.4 is 20.1 Å². The molecular formula is C16H28IN3O2S. The summed E-state index contributed by atoms with van der Waals surface area (Å²) in [6, 6.07) is 7.56. The Morgan fingerprint density at radius 2 is 1.78 bits per heavy atom. The summed E-state index contributed by atoms with van der Waals surface area (Å²) in [5.74, 6) is 2.45. The van der Waals surface area contributed by atoms with Crippen LogP contribution in [0.2, 0.25) is 0 Å². The number of rotatable bonds is 8. The van der Waals surface area contributed by atoms with E-state index in [2.05, 4.69) is 35.7 Å². The van der Waals surface area contributed by atoms with Crippen molar-refractivity contribution in [1.82, 2.24) is 10.6 Å². The number of hydrogen-bond acceptors (Lipinski definition) is 4. The molecule has 1 rings (SSSR count). The molecule has 0 aliphatic rings. The van der Waals surface area contributed by atoms with Crippen LogP contribution in [0.3, 0.4) is 0 Å². The summed E-state index contributed by atoms with van der Waals surface area (Å²) >= 11 is 1.83. The summed E-state index contributed by atoms with van der Waals surface area (Å²) < 4.78 is 11.0. The van der Waals surface area contributed by atoms with E-state index in [1.165, 1.54) is 0 Å². The van der Waals surface area contributed by atoms with Gasteiger partial charge in [0.05, 0.1) is 13.7 Å². The Labute approximate surface area is 161 Å². The lowest BCUT2D eigenvalue weighted by molar-refractivity contribution is 0.321. The lowest BCUT2D eigenvalue weighted by atomic mass is 10.2. The molecule has 0 atom stereocenters. The van der Waals surface area contributed by atoms with Crippen LogP contribution in [-0.4, -0.2) is 50.8 Å². The van der Waals surface area contributed by atoms with Crippen LogP contribution in [0.5, 0.6) is 11.5 Å². The molecule has 0 saturated carbocycles. The van der Waals surface area contributed by atoms with Crippen molar-refractivity contribution >= 4 is 41.7 Å². The number of nitrogens with one attached hydrogen (secondary N) is 2. The molecule has 132 valence electrons. The largest absolute Gasteiger partial charge is 0.497 e. The second-order valence-electron chi connectivity index (χ2n) is 5.34. The quantitative estimate of drug-likeness (QED) is 0.274. The van der Waals surface area contributed by atoms with E-state index in [0.717, 1.165) is 24.0 Å². The fourth-order valence-electron chi connectivity index (χ4n) is 1.60. The van der Waals surface area contributed by atoms with E-state index in [0.29, 0.717) is 13.2 Å². The van der Waals surface area contributed by atoms with E-state index in [1.54, 1.807) is 14.2 Å². The Bertz CT molecular complexity index is 467. The van der Waals surface area contributed by atoms with E-state index in [4.69, 9.17) is 9.47 Å². The fraction of sp³-hybridized carbons (Fsp3) is 0.562. The molecule has 0 amide bonds. The lowest BCUT2D eigenvalue weighted by Crippen LogP contribution is -2.44. The van der Waals surface area contributed by atoms with Gasteiger partial charge in [-0.25, -0.2) is 0 Å². The SMILES string of the molecule is CN=C(NCCOc1ccc(OC)cc1)NCC(C)(C)SC.I. The van der Waals surface area contributed by atoms with Gasteiger partial charge < -0.3 is 20.1 Å². The summed E-state index contributed by atoms with van der Waals surface area (Å²) in [5.41, 5.74) is 0. The number of halogens is 1. The van der Waals surface area contributed by atoms with Crippen LogP contribution in [0.15, 0.2) is 29.3 Å². The van der Waals surface area contributed by atoms with E-state index < -0.39 is 0 Å². The molecule has 0 aromatic heterocycles. The second kappa shape index (κ2) is 11.7.